The van der Waals surface area contributed by atoms with Crippen molar-refractivity contribution in [1.29, 1.82) is 5.26 Å². The molecule has 2 aromatic rings. The van der Waals surface area contributed by atoms with Crippen molar-refractivity contribution in [2.75, 3.05) is 14.2 Å². The van der Waals surface area contributed by atoms with Crippen LogP contribution in [0.25, 0.3) is 11.8 Å². The number of phosphoric ester groups is 1. The number of nitrogens with zero attached hydrogens (tertiary/aromatic N) is 1. The molecule has 0 fully saturated rings. The molecule has 0 N–H and O–H groups in total. The first kappa shape index (κ1) is 17.0. The van der Waals surface area contributed by atoms with E-state index in [0.29, 0.717) is 16.9 Å². The smallest absolute Gasteiger partial charge is 0.403 e. The first-order valence-corrected chi connectivity index (χ1v) is 8.24. The fraction of sp³-hybridized carbons (Fsp3) is 0.118. The van der Waals surface area contributed by atoms with Crippen molar-refractivity contribution in [2.45, 2.75) is 0 Å². The Hall–Kier alpha value is -2.38. The molecule has 0 bridgehead atoms. The lowest BCUT2D eigenvalue weighted by Crippen LogP contribution is -1.96. The monoisotopic (exact) mass is 329 g/mol. The molecule has 0 heterocycles. The Morgan fingerprint density at radius 3 is 2.39 bits per heavy atom. The molecule has 118 valence electrons. The highest BCUT2D eigenvalue weighted by atomic mass is 31.2. The normalized spacial score (nSPS) is 11.8. The van der Waals surface area contributed by atoms with Crippen LogP contribution in [0.5, 0.6) is 0 Å². The van der Waals surface area contributed by atoms with E-state index >= 15 is 0 Å². The van der Waals surface area contributed by atoms with Gasteiger partial charge in [0.15, 0.2) is 0 Å². The number of hydrogen-bond acceptors (Lipinski definition) is 5. The third-order valence-electron chi connectivity index (χ3n) is 3.03. The first-order chi connectivity index (χ1) is 11.1. The van der Waals surface area contributed by atoms with Crippen LogP contribution >= 0.6 is 7.82 Å². The molecular formula is C17H16NO4P. The lowest BCUT2D eigenvalue weighted by molar-refractivity contribution is 0.201. The van der Waals surface area contributed by atoms with Crippen molar-refractivity contribution in [2.24, 2.45) is 0 Å². The largest absolute Gasteiger partial charge is 0.529 e. The fourth-order valence-corrected chi connectivity index (χ4v) is 2.58. The van der Waals surface area contributed by atoms with Crippen LogP contribution in [-0.4, -0.2) is 14.2 Å². The predicted octanol–water partition coefficient (Wildman–Crippen LogP) is 4.47. The van der Waals surface area contributed by atoms with E-state index in [1.807, 2.05) is 36.4 Å². The summed E-state index contributed by atoms with van der Waals surface area (Å²) in [5.74, 6) is 0.327. The molecule has 0 saturated carbocycles. The van der Waals surface area contributed by atoms with Gasteiger partial charge in [-0.1, -0.05) is 42.5 Å². The lowest BCUT2D eigenvalue weighted by Gasteiger charge is -2.17. The average molecular weight is 329 g/mol. The molecule has 0 aliphatic carbocycles. The van der Waals surface area contributed by atoms with Crippen LogP contribution in [-0.2, 0) is 18.1 Å². The van der Waals surface area contributed by atoms with E-state index in [4.69, 9.17) is 18.8 Å². The third-order valence-corrected chi connectivity index (χ3v) is 4.34. The summed E-state index contributed by atoms with van der Waals surface area (Å²) in [5.41, 5.74) is 1.97. The number of nitriles is 1. The van der Waals surface area contributed by atoms with Gasteiger partial charge in [-0.05, 0) is 23.8 Å². The van der Waals surface area contributed by atoms with E-state index in [0.717, 1.165) is 5.56 Å². The van der Waals surface area contributed by atoms with Gasteiger partial charge in [-0.2, -0.15) is 5.26 Å². The Bertz CT molecular complexity index is 773. The Morgan fingerprint density at radius 1 is 1.09 bits per heavy atom. The highest BCUT2D eigenvalue weighted by molar-refractivity contribution is 7.48. The standard InChI is InChI=1S/C17H16NO4P/c1-20-23(19,21-2)22-17(16-9-4-3-5-10-16)12-14-7-6-8-15(11-14)13-18/h3-12H,1-2H3/b17-12+. The average Bonchev–Trinajstić information content (AvgIpc) is 2.62. The molecule has 2 aromatic carbocycles. The lowest BCUT2D eigenvalue weighted by atomic mass is 10.1. The van der Waals surface area contributed by atoms with E-state index < -0.39 is 7.82 Å². The summed E-state index contributed by atoms with van der Waals surface area (Å²) in [7, 11) is -1.19. The van der Waals surface area contributed by atoms with Crippen molar-refractivity contribution in [3.8, 4) is 6.07 Å². The molecule has 6 heteroatoms. The van der Waals surface area contributed by atoms with Gasteiger partial charge >= 0.3 is 7.82 Å². The zero-order chi connectivity index (χ0) is 16.7. The second-order valence-electron chi connectivity index (χ2n) is 4.52. The van der Waals surface area contributed by atoms with Gasteiger partial charge in [0, 0.05) is 19.8 Å². The predicted molar refractivity (Wildman–Crippen MR) is 88.2 cm³/mol. The summed E-state index contributed by atoms with van der Waals surface area (Å²) in [4.78, 5) is 0. The van der Waals surface area contributed by atoms with Gasteiger partial charge in [-0.3, -0.25) is 9.05 Å². The SMILES string of the molecule is COP(=O)(OC)O/C(=C/c1cccc(C#N)c1)c1ccccc1. The quantitative estimate of drug-likeness (QED) is 0.444. The molecule has 23 heavy (non-hydrogen) atoms. The van der Waals surface area contributed by atoms with Crippen molar-refractivity contribution in [3.63, 3.8) is 0 Å². The van der Waals surface area contributed by atoms with Gasteiger partial charge in [0.25, 0.3) is 0 Å². The van der Waals surface area contributed by atoms with Gasteiger partial charge in [0.1, 0.15) is 5.76 Å². The topological polar surface area (TPSA) is 68.6 Å². The summed E-state index contributed by atoms with van der Waals surface area (Å²) in [5, 5.41) is 8.99. The van der Waals surface area contributed by atoms with Crippen molar-refractivity contribution in [3.05, 3.63) is 71.3 Å². The van der Waals surface area contributed by atoms with Crippen LogP contribution in [0.1, 0.15) is 16.7 Å². The molecular weight excluding hydrogens is 313 g/mol. The van der Waals surface area contributed by atoms with Crippen LogP contribution in [0, 0.1) is 11.3 Å². The van der Waals surface area contributed by atoms with Crippen LogP contribution in [0.4, 0.5) is 0 Å². The minimum Gasteiger partial charge on any atom is -0.403 e. The molecule has 0 aliphatic rings. The fourth-order valence-electron chi connectivity index (χ4n) is 1.88. The molecule has 0 aromatic heterocycles. The van der Waals surface area contributed by atoms with E-state index in [1.54, 1.807) is 24.3 Å². The van der Waals surface area contributed by atoms with Crippen LogP contribution in [0.3, 0.4) is 0 Å². The maximum Gasteiger partial charge on any atom is 0.529 e. The Kier molecular flexibility index (Phi) is 5.72. The van der Waals surface area contributed by atoms with Gasteiger partial charge < -0.3 is 4.52 Å². The highest BCUT2D eigenvalue weighted by Crippen LogP contribution is 2.51. The number of phosphoric acid groups is 1. The molecule has 2 rings (SSSR count). The van der Waals surface area contributed by atoms with Gasteiger partial charge in [0.2, 0.25) is 0 Å². The number of hydrogen-bond donors (Lipinski definition) is 0. The van der Waals surface area contributed by atoms with E-state index in [2.05, 4.69) is 6.07 Å². The molecule has 0 aliphatic heterocycles. The maximum absolute atomic E-state index is 12.3. The Balaban J connectivity index is 2.47. The van der Waals surface area contributed by atoms with Crippen LogP contribution in [0.2, 0.25) is 0 Å². The van der Waals surface area contributed by atoms with Crippen LogP contribution in [0.15, 0.2) is 54.6 Å². The van der Waals surface area contributed by atoms with Crippen molar-refractivity contribution < 1.29 is 18.1 Å². The molecule has 0 amide bonds. The Morgan fingerprint density at radius 2 is 1.78 bits per heavy atom. The Labute approximate surface area is 135 Å². The first-order valence-electron chi connectivity index (χ1n) is 6.78. The summed E-state index contributed by atoms with van der Waals surface area (Å²) in [6.07, 6.45) is 1.68. The highest BCUT2D eigenvalue weighted by Gasteiger charge is 2.26. The number of rotatable bonds is 6. The second-order valence-corrected chi connectivity index (χ2v) is 6.32. The third kappa shape index (κ3) is 4.54. The molecule has 0 spiro atoms. The van der Waals surface area contributed by atoms with Gasteiger partial charge in [0.05, 0.1) is 11.6 Å². The maximum atomic E-state index is 12.3. The molecule has 0 radical (unpaired) electrons. The summed E-state index contributed by atoms with van der Waals surface area (Å²) in [6, 6.07) is 18.2. The van der Waals surface area contributed by atoms with E-state index in [-0.39, 0.29) is 0 Å². The van der Waals surface area contributed by atoms with Crippen LogP contribution < -0.4 is 0 Å². The summed E-state index contributed by atoms with van der Waals surface area (Å²) in [6.45, 7) is 0. The van der Waals surface area contributed by atoms with Gasteiger partial charge in [-0.15, -0.1) is 0 Å². The number of benzene rings is 2. The summed E-state index contributed by atoms with van der Waals surface area (Å²) >= 11 is 0. The molecule has 5 nitrogen and oxygen atoms in total. The van der Waals surface area contributed by atoms with Crippen molar-refractivity contribution >= 4 is 19.7 Å². The molecule has 0 unspecified atom stereocenters. The van der Waals surface area contributed by atoms with Crippen molar-refractivity contribution in [1.82, 2.24) is 0 Å². The zero-order valence-electron chi connectivity index (χ0n) is 12.8. The van der Waals surface area contributed by atoms with Gasteiger partial charge in [-0.25, -0.2) is 4.57 Å². The zero-order valence-corrected chi connectivity index (χ0v) is 13.7. The molecule has 0 saturated heterocycles. The van der Waals surface area contributed by atoms with E-state index in [1.165, 1.54) is 14.2 Å². The molecule has 0 atom stereocenters. The van der Waals surface area contributed by atoms with E-state index in [9.17, 15) is 4.57 Å². The minimum absolute atomic E-state index is 0.327. The summed E-state index contributed by atoms with van der Waals surface area (Å²) < 4.78 is 27.5. The minimum atomic E-state index is -3.69. The second kappa shape index (κ2) is 7.75.